The third-order valence-electron chi connectivity index (χ3n) is 3.53. The number of carboxylic acids is 1. The Morgan fingerprint density at radius 3 is 2.04 bits per heavy atom. The second-order valence-corrected chi connectivity index (χ2v) is 5.23. The van der Waals surface area contributed by atoms with E-state index in [1.54, 1.807) is 24.3 Å². The number of rotatable bonds is 7. The average molecular weight is 313 g/mol. The van der Waals surface area contributed by atoms with E-state index in [9.17, 15) is 14.7 Å². The van der Waals surface area contributed by atoms with Gasteiger partial charge in [0.2, 0.25) is 5.91 Å². The molecule has 0 aliphatic heterocycles. The Hall–Kier alpha value is -2.66. The lowest BCUT2D eigenvalue weighted by Crippen LogP contribution is -2.32. The van der Waals surface area contributed by atoms with Crippen molar-refractivity contribution in [2.24, 2.45) is 0 Å². The fourth-order valence-electron chi connectivity index (χ4n) is 2.40. The van der Waals surface area contributed by atoms with Gasteiger partial charge in [-0.2, -0.15) is 0 Å². The van der Waals surface area contributed by atoms with Gasteiger partial charge in [0, 0.05) is 0 Å². The number of aliphatic hydroxyl groups excluding tert-OH is 1. The van der Waals surface area contributed by atoms with Crippen LogP contribution >= 0.6 is 0 Å². The number of hydrogen-bond acceptors (Lipinski definition) is 3. The highest BCUT2D eigenvalue weighted by Crippen LogP contribution is 2.14. The third kappa shape index (κ3) is 4.93. The molecule has 0 bridgehead atoms. The molecule has 0 saturated heterocycles. The highest BCUT2D eigenvalue weighted by molar-refractivity contribution is 5.80. The van der Waals surface area contributed by atoms with Crippen LogP contribution in [0.3, 0.4) is 0 Å². The van der Waals surface area contributed by atoms with E-state index < -0.39 is 12.0 Å². The van der Waals surface area contributed by atoms with Crippen LogP contribution in [-0.4, -0.2) is 28.7 Å². The number of nitrogens with one attached hydrogen (secondary N) is 1. The fraction of sp³-hybridized carbons (Fsp3) is 0.222. The summed E-state index contributed by atoms with van der Waals surface area (Å²) in [5, 5.41) is 21.2. The highest BCUT2D eigenvalue weighted by Gasteiger charge is 2.15. The third-order valence-corrected chi connectivity index (χ3v) is 3.53. The monoisotopic (exact) mass is 313 g/mol. The molecular weight excluding hydrogens is 294 g/mol. The Labute approximate surface area is 134 Å². The van der Waals surface area contributed by atoms with Gasteiger partial charge in [0.25, 0.3) is 0 Å². The first kappa shape index (κ1) is 16.7. The maximum absolute atomic E-state index is 12.2. The van der Waals surface area contributed by atoms with Crippen LogP contribution in [0.5, 0.6) is 0 Å². The normalized spacial score (nSPS) is 11.7. The molecule has 0 spiro atoms. The largest absolute Gasteiger partial charge is 0.481 e. The molecule has 3 N–H and O–H groups in total. The van der Waals surface area contributed by atoms with Crippen molar-refractivity contribution < 1.29 is 19.8 Å². The zero-order valence-corrected chi connectivity index (χ0v) is 12.6. The van der Waals surface area contributed by atoms with Crippen molar-refractivity contribution in [1.82, 2.24) is 5.32 Å². The Morgan fingerprint density at radius 2 is 1.48 bits per heavy atom. The van der Waals surface area contributed by atoms with E-state index in [0.717, 1.165) is 5.56 Å². The molecule has 0 aromatic heterocycles. The molecule has 0 unspecified atom stereocenters. The van der Waals surface area contributed by atoms with Crippen LogP contribution in [0.15, 0.2) is 54.6 Å². The van der Waals surface area contributed by atoms with E-state index in [1.165, 1.54) is 0 Å². The maximum Gasteiger partial charge on any atom is 0.307 e. The van der Waals surface area contributed by atoms with E-state index in [0.29, 0.717) is 11.1 Å². The summed E-state index contributed by atoms with van der Waals surface area (Å²) >= 11 is 0. The van der Waals surface area contributed by atoms with Crippen LogP contribution in [-0.2, 0) is 22.4 Å². The standard InChI is InChI=1S/C18H19NO4/c20-12-16(13-6-2-1-3-7-13)19-17(21)10-14-8-4-5-9-15(14)11-18(22)23/h1-9,16,20H,10-12H2,(H,19,21)(H,22,23)/t16-/m1/s1. The number of aliphatic hydroxyl groups is 1. The van der Waals surface area contributed by atoms with Crippen LogP contribution in [0.4, 0.5) is 0 Å². The predicted octanol–water partition coefficient (Wildman–Crippen LogP) is 1.71. The molecule has 1 amide bonds. The molecule has 0 radical (unpaired) electrons. The molecule has 5 heteroatoms. The molecule has 1 atom stereocenters. The van der Waals surface area contributed by atoms with Gasteiger partial charge in [-0.05, 0) is 16.7 Å². The lowest BCUT2D eigenvalue weighted by Gasteiger charge is -2.17. The summed E-state index contributed by atoms with van der Waals surface area (Å²) < 4.78 is 0. The first-order valence-corrected chi connectivity index (χ1v) is 7.34. The van der Waals surface area contributed by atoms with Gasteiger partial charge < -0.3 is 15.5 Å². The zero-order valence-electron chi connectivity index (χ0n) is 12.6. The van der Waals surface area contributed by atoms with Gasteiger partial charge in [-0.15, -0.1) is 0 Å². The van der Waals surface area contributed by atoms with Gasteiger partial charge in [0.15, 0.2) is 0 Å². The number of carboxylic acid groups (broad SMARTS) is 1. The number of carbonyl (C=O) groups is 2. The number of amides is 1. The molecule has 0 fully saturated rings. The van der Waals surface area contributed by atoms with Crippen molar-refractivity contribution in [3.8, 4) is 0 Å². The topological polar surface area (TPSA) is 86.6 Å². The Bertz CT molecular complexity index is 670. The van der Waals surface area contributed by atoms with Crippen molar-refractivity contribution in [2.45, 2.75) is 18.9 Å². The quantitative estimate of drug-likeness (QED) is 0.726. The second-order valence-electron chi connectivity index (χ2n) is 5.23. The summed E-state index contributed by atoms with van der Waals surface area (Å²) in [6.45, 7) is -0.202. The van der Waals surface area contributed by atoms with E-state index in [4.69, 9.17) is 5.11 Å². The van der Waals surface area contributed by atoms with Gasteiger partial charge >= 0.3 is 5.97 Å². The van der Waals surface area contributed by atoms with Crippen LogP contribution < -0.4 is 5.32 Å². The van der Waals surface area contributed by atoms with Gasteiger partial charge in [-0.25, -0.2) is 0 Å². The minimum atomic E-state index is -0.935. The number of benzene rings is 2. The molecule has 0 aliphatic carbocycles. The molecule has 0 aliphatic rings. The van der Waals surface area contributed by atoms with E-state index in [-0.39, 0.29) is 25.4 Å². The lowest BCUT2D eigenvalue weighted by atomic mass is 10.0. The van der Waals surface area contributed by atoms with Crippen LogP contribution in [0.2, 0.25) is 0 Å². The predicted molar refractivity (Wildman–Crippen MR) is 85.9 cm³/mol. The van der Waals surface area contributed by atoms with Crippen LogP contribution in [0, 0.1) is 0 Å². The van der Waals surface area contributed by atoms with E-state index in [2.05, 4.69) is 5.32 Å². The Kier molecular flexibility index (Phi) is 5.88. The smallest absolute Gasteiger partial charge is 0.307 e. The SMILES string of the molecule is O=C(O)Cc1ccccc1CC(=O)N[C@H](CO)c1ccccc1. The molecule has 2 rings (SSSR count). The fourth-order valence-corrected chi connectivity index (χ4v) is 2.40. The minimum absolute atomic E-state index is 0.0762. The van der Waals surface area contributed by atoms with Crippen molar-refractivity contribution in [2.75, 3.05) is 6.61 Å². The molecule has 120 valence electrons. The Balaban J connectivity index is 2.06. The summed E-state index contributed by atoms with van der Waals surface area (Å²) in [5.74, 6) is -1.19. The highest BCUT2D eigenvalue weighted by atomic mass is 16.4. The molecule has 23 heavy (non-hydrogen) atoms. The molecule has 2 aromatic carbocycles. The van der Waals surface area contributed by atoms with E-state index >= 15 is 0 Å². The summed E-state index contributed by atoms with van der Waals surface area (Å²) in [5.41, 5.74) is 2.12. The maximum atomic E-state index is 12.2. The first-order valence-electron chi connectivity index (χ1n) is 7.34. The lowest BCUT2D eigenvalue weighted by molar-refractivity contribution is -0.136. The summed E-state index contributed by atoms with van der Waals surface area (Å²) in [7, 11) is 0. The number of aliphatic carboxylic acids is 1. The molecule has 2 aromatic rings. The first-order chi connectivity index (χ1) is 11.1. The minimum Gasteiger partial charge on any atom is -0.481 e. The second kappa shape index (κ2) is 8.10. The van der Waals surface area contributed by atoms with Gasteiger partial charge in [-0.1, -0.05) is 54.6 Å². The van der Waals surface area contributed by atoms with Gasteiger partial charge in [0.1, 0.15) is 0 Å². The van der Waals surface area contributed by atoms with Gasteiger partial charge in [-0.3, -0.25) is 9.59 Å². The zero-order chi connectivity index (χ0) is 16.7. The van der Waals surface area contributed by atoms with Crippen molar-refractivity contribution >= 4 is 11.9 Å². The molecule has 0 saturated carbocycles. The number of carbonyl (C=O) groups excluding carboxylic acids is 1. The van der Waals surface area contributed by atoms with Crippen LogP contribution in [0.25, 0.3) is 0 Å². The summed E-state index contributed by atoms with van der Waals surface area (Å²) in [6, 6.07) is 15.7. The molecule has 5 nitrogen and oxygen atoms in total. The average Bonchev–Trinajstić information content (AvgIpc) is 2.55. The number of hydrogen-bond donors (Lipinski definition) is 3. The van der Waals surface area contributed by atoms with Crippen molar-refractivity contribution in [1.29, 1.82) is 0 Å². The van der Waals surface area contributed by atoms with Gasteiger partial charge in [0.05, 0.1) is 25.5 Å². The van der Waals surface area contributed by atoms with Crippen LogP contribution in [0.1, 0.15) is 22.7 Å². The summed E-state index contributed by atoms with van der Waals surface area (Å²) in [4.78, 5) is 23.1. The summed E-state index contributed by atoms with van der Waals surface area (Å²) in [6.07, 6.45) is -0.0433. The molecule has 0 heterocycles. The van der Waals surface area contributed by atoms with Crippen molar-refractivity contribution in [3.05, 3.63) is 71.3 Å². The van der Waals surface area contributed by atoms with Crippen molar-refractivity contribution in [3.63, 3.8) is 0 Å². The molecular formula is C18H19NO4. The Morgan fingerprint density at radius 1 is 0.913 bits per heavy atom. The van der Waals surface area contributed by atoms with E-state index in [1.807, 2.05) is 30.3 Å².